The Morgan fingerprint density at radius 2 is 1.94 bits per heavy atom. The number of hydrogen-bond donors (Lipinski definition) is 2. The lowest BCUT2D eigenvalue weighted by Crippen LogP contribution is -2.31. The van der Waals surface area contributed by atoms with Gasteiger partial charge in [0.15, 0.2) is 0 Å². The highest BCUT2D eigenvalue weighted by molar-refractivity contribution is 6.31. The fourth-order valence-electron chi connectivity index (χ4n) is 3.09. The third-order valence-corrected chi connectivity index (χ3v) is 5.06. The number of rotatable bonds is 7. The molecule has 2 N–H and O–H groups in total. The summed E-state index contributed by atoms with van der Waals surface area (Å²) in [7, 11) is 1.45. The molecule has 1 atom stereocenters. The quantitative estimate of drug-likeness (QED) is 0.548. The SMILES string of the molecule is COc1ccc(C(=O)N[C@@H](CC(=O)O)c2ccccc2Cl)nc1-c1ccc(C)c(F)c1. The van der Waals surface area contributed by atoms with Crippen LogP contribution in [0.3, 0.4) is 0 Å². The number of halogens is 2. The summed E-state index contributed by atoms with van der Waals surface area (Å²) in [5.74, 6) is -1.73. The van der Waals surface area contributed by atoms with E-state index < -0.39 is 23.7 Å². The van der Waals surface area contributed by atoms with Gasteiger partial charge in [0.1, 0.15) is 23.0 Å². The first kappa shape index (κ1) is 22.2. The van der Waals surface area contributed by atoms with Crippen LogP contribution in [0.5, 0.6) is 5.75 Å². The van der Waals surface area contributed by atoms with Gasteiger partial charge in [-0.25, -0.2) is 9.37 Å². The molecule has 0 aliphatic heterocycles. The molecule has 3 aromatic rings. The monoisotopic (exact) mass is 442 g/mol. The summed E-state index contributed by atoms with van der Waals surface area (Å²) in [6.07, 6.45) is -0.359. The number of benzene rings is 2. The Balaban J connectivity index is 1.95. The highest BCUT2D eigenvalue weighted by atomic mass is 35.5. The first-order valence-corrected chi connectivity index (χ1v) is 9.76. The Bertz CT molecular complexity index is 1140. The molecule has 1 heterocycles. The Hall–Kier alpha value is -3.45. The number of carboxylic acid groups (broad SMARTS) is 1. The van der Waals surface area contributed by atoms with E-state index in [0.29, 0.717) is 33.2 Å². The van der Waals surface area contributed by atoms with Crippen LogP contribution in [-0.4, -0.2) is 29.1 Å². The maximum absolute atomic E-state index is 14.1. The number of nitrogens with one attached hydrogen (secondary N) is 1. The van der Waals surface area contributed by atoms with Crippen LogP contribution in [0.2, 0.25) is 5.02 Å². The van der Waals surface area contributed by atoms with E-state index in [-0.39, 0.29) is 12.1 Å². The van der Waals surface area contributed by atoms with E-state index in [2.05, 4.69) is 10.3 Å². The van der Waals surface area contributed by atoms with Crippen molar-refractivity contribution in [3.8, 4) is 17.0 Å². The molecule has 0 aliphatic carbocycles. The molecule has 0 spiro atoms. The van der Waals surface area contributed by atoms with Gasteiger partial charge in [-0.05, 0) is 42.3 Å². The summed E-state index contributed by atoms with van der Waals surface area (Å²) >= 11 is 6.19. The minimum absolute atomic E-state index is 0.0271. The van der Waals surface area contributed by atoms with Gasteiger partial charge >= 0.3 is 5.97 Å². The smallest absolute Gasteiger partial charge is 0.305 e. The van der Waals surface area contributed by atoms with Crippen molar-refractivity contribution in [2.24, 2.45) is 0 Å². The van der Waals surface area contributed by atoms with E-state index in [1.807, 2.05) is 0 Å². The van der Waals surface area contributed by atoms with Crippen molar-refractivity contribution in [2.75, 3.05) is 7.11 Å². The summed E-state index contributed by atoms with van der Waals surface area (Å²) in [5, 5.41) is 12.3. The zero-order valence-corrected chi connectivity index (χ0v) is 17.6. The van der Waals surface area contributed by atoms with Gasteiger partial charge in [0.05, 0.1) is 19.6 Å². The zero-order valence-electron chi connectivity index (χ0n) is 16.9. The predicted octanol–water partition coefficient (Wildman–Crippen LogP) is 4.80. The number of carbonyl (C=O) groups is 2. The lowest BCUT2D eigenvalue weighted by Gasteiger charge is -2.19. The molecule has 3 rings (SSSR count). The molecule has 1 amide bonds. The molecule has 6 nitrogen and oxygen atoms in total. The van der Waals surface area contributed by atoms with E-state index in [0.717, 1.165) is 0 Å². The van der Waals surface area contributed by atoms with Crippen molar-refractivity contribution in [2.45, 2.75) is 19.4 Å². The number of amides is 1. The number of ether oxygens (including phenoxy) is 1. The predicted molar refractivity (Wildman–Crippen MR) is 115 cm³/mol. The summed E-state index contributed by atoms with van der Waals surface area (Å²) < 4.78 is 19.4. The third-order valence-electron chi connectivity index (χ3n) is 4.72. The van der Waals surface area contributed by atoms with Crippen molar-refractivity contribution < 1.29 is 23.8 Å². The lowest BCUT2D eigenvalue weighted by atomic mass is 10.0. The number of aromatic nitrogens is 1. The molecule has 1 aromatic heterocycles. The number of carboxylic acids is 1. The minimum Gasteiger partial charge on any atom is -0.494 e. The van der Waals surface area contributed by atoms with Gasteiger partial charge in [0, 0.05) is 10.6 Å². The van der Waals surface area contributed by atoms with Crippen LogP contribution in [0.25, 0.3) is 11.3 Å². The maximum Gasteiger partial charge on any atom is 0.305 e. The van der Waals surface area contributed by atoms with Gasteiger partial charge in [0.2, 0.25) is 0 Å². The first-order valence-electron chi connectivity index (χ1n) is 9.38. The number of pyridine rings is 1. The minimum atomic E-state index is -1.09. The molecule has 0 radical (unpaired) electrons. The summed E-state index contributed by atoms with van der Waals surface area (Å²) in [5.41, 5.74) is 1.73. The number of nitrogens with zero attached hydrogens (tertiary/aromatic N) is 1. The molecule has 8 heteroatoms. The molecule has 0 bridgehead atoms. The molecule has 2 aromatic carbocycles. The van der Waals surface area contributed by atoms with Gasteiger partial charge in [-0.2, -0.15) is 0 Å². The van der Waals surface area contributed by atoms with Crippen LogP contribution >= 0.6 is 11.6 Å². The zero-order chi connectivity index (χ0) is 22.5. The van der Waals surface area contributed by atoms with Crippen LogP contribution in [0.15, 0.2) is 54.6 Å². The summed E-state index contributed by atoms with van der Waals surface area (Å²) in [4.78, 5) is 28.6. The van der Waals surface area contributed by atoms with Crippen molar-refractivity contribution in [1.82, 2.24) is 10.3 Å². The van der Waals surface area contributed by atoms with E-state index in [4.69, 9.17) is 16.3 Å². The van der Waals surface area contributed by atoms with Gasteiger partial charge < -0.3 is 15.2 Å². The van der Waals surface area contributed by atoms with E-state index in [1.54, 1.807) is 49.4 Å². The average Bonchev–Trinajstić information content (AvgIpc) is 2.74. The topological polar surface area (TPSA) is 88.5 Å². The molecule has 0 fully saturated rings. The van der Waals surface area contributed by atoms with Crippen molar-refractivity contribution in [3.63, 3.8) is 0 Å². The number of methoxy groups -OCH3 is 1. The number of aryl methyl sites for hydroxylation is 1. The second-order valence-electron chi connectivity index (χ2n) is 6.86. The van der Waals surface area contributed by atoms with Gasteiger partial charge in [-0.15, -0.1) is 0 Å². The largest absolute Gasteiger partial charge is 0.494 e. The maximum atomic E-state index is 14.1. The summed E-state index contributed by atoms with van der Waals surface area (Å²) in [6, 6.07) is 13.4. The van der Waals surface area contributed by atoms with Crippen LogP contribution in [0, 0.1) is 12.7 Å². The number of aliphatic carboxylic acids is 1. The van der Waals surface area contributed by atoms with Crippen LogP contribution < -0.4 is 10.1 Å². The molecular formula is C23H20ClFN2O4. The number of hydrogen-bond acceptors (Lipinski definition) is 4. The number of carbonyl (C=O) groups excluding carboxylic acids is 1. The average molecular weight is 443 g/mol. The standard InChI is InChI=1S/C23H20ClFN2O4/c1-13-7-8-14(11-17(13)25)22-20(31-2)10-9-18(26-22)23(30)27-19(12-21(28)29)15-5-3-4-6-16(15)24/h3-11,19H,12H2,1-2H3,(H,27,30)(H,28,29)/t19-/m0/s1. The molecule has 0 unspecified atom stereocenters. The third kappa shape index (κ3) is 5.19. The molecular weight excluding hydrogens is 423 g/mol. The molecule has 160 valence electrons. The van der Waals surface area contributed by atoms with Crippen molar-refractivity contribution >= 4 is 23.5 Å². The normalized spacial score (nSPS) is 11.6. The second-order valence-corrected chi connectivity index (χ2v) is 7.26. The van der Waals surface area contributed by atoms with Crippen LogP contribution in [0.4, 0.5) is 4.39 Å². The highest BCUT2D eigenvalue weighted by Gasteiger charge is 2.22. The Morgan fingerprint density at radius 3 is 2.58 bits per heavy atom. The summed E-state index contributed by atoms with van der Waals surface area (Å²) in [6.45, 7) is 1.64. The van der Waals surface area contributed by atoms with Gasteiger partial charge in [-0.1, -0.05) is 41.9 Å². The Labute approximate surface area is 183 Å². The van der Waals surface area contributed by atoms with Crippen molar-refractivity contribution in [3.05, 3.63) is 82.3 Å². The van der Waals surface area contributed by atoms with Gasteiger partial charge in [0.25, 0.3) is 5.91 Å². The Kier molecular flexibility index (Phi) is 6.87. The molecule has 31 heavy (non-hydrogen) atoms. The molecule has 0 saturated heterocycles. The molecule has 0 aliphatic rings. The van der Waals surface area contributed by atoms with Crippen molar-refractivity contribution in [1.29, 1.82) is 0 Å². The molecule has 0 saturated carbocycles. The highest BCUT2D eigenvalue weighted by Crippen LogP contribution is 2.30. The second kappa shape index (κ2) is 9.57. The van der Waals surface area contributed by atoms with Crippen LogP contribution in [-0.2, 0) is 4.79 Å². The fraction of sp³-hybridized carbons (Fsp3) is 0.174. The van der Waals surface area contributed by atoms with Gasteiger partial charge in [-0.3, -0.25) is 9.59 Å². The Morgan fingerprint density at radius 1 is 1.19 bits per heavy atom. The first-order chi connectivity index (χ1) is 14.8. The van der Waals surface area contributed by atoms with Crippen LogP contribution in [0.1, 0.15) is 34.1 Å². The fourth-order valence-corrected chi connectivity index (χ4v) is 3.36. The van der Waals surface area contributed by atoms with E-state index in [9.17, 15) is 19.1 Å². The van der Waals surface area contributed by atoms with E-state index >= 15 is 0 Å². The lowest BCUT2D eigenvalue weighted by molar-refractivity contribution is -0.137. The van der Waals surface area contributed by atoms with E-state index in [1.165, 1.54) is 19.2 Å².